The molecule has 11 heterocycles. The van der Waals surface area contributed by atoms with E-state index in [1.54, 1.807) is 15.9 Å². The third-order valence-corrected chi connectivity index (χ3v) is 20.4. The Labute approximate surface area is 753 Å². The number of nitriles is 1. The Morgan fingerprint density at radius 2 is 0.780 bits per heavy atom. The molecule has 0 bridgehead atoms. The zero-order valence-corrected chi connectivity index (χ0v) is 75.6. The fourth-order valence-electron chi connectivity index (χ4n) is 14.1. The van der Waals surface area contributed by atoms with Gasteiger partial charge in [0.25, 0.3) is 0 Å². The highest BCUT2D eigenvalue weighted by Gasteiger charge is 2.35. The number of nitrogens with one attached hydrogen (secondary N) is 5. The van der Waals surface area contributed by atoms with Gasteiger partial charge in [-0.3, -0.25) is 23.8 Å². The second-order valence-electron chi connectivity index (χ2n) is 33.0. The van der Waals surface area contributed by atoms with Crippen LogP contribution in [0.4, 0.5) is 41.0 Å². The molecule has 0 unspecified atom stereocenters. The molecule has 0 atom stereocenters. The fraction of sp³-hybridized carbons (Fsp3) is 0.292. The standard InChI is InChI=1S/C27H29N5O2.C22H21N5.C18H21ClN4O2.C11H13Cl2N3O2.C9H9N.C7H9N.C2H3N.F2/c1-18-14-20-12-8-9-13-23(20)32(18)25-29-22-17-31(26(33)34-27(2,3)4)16-21(22)24(30-25)28-15-19-10-6-5-7-11-19;1-15-11-17-9-5-6-10-20(17)27(15)22-25-19-14-23-13-18(19)21(26-22)24-12-16-7-3-2-4-8-16;1-18(2,3)25-17(24)23-10-13-14(11-23)21-16(19)22-15(13)20-9-12-7-5-4-6-8-12;1-11(2,3)18-10(17)16-4-6-7(5-16)14-9(13)15-8(6)12;1-7-6-8-4-2-3-5-9(8)10-7;8-6-7-4-2-1-3-5-7;1-2-3;1-2/h5-14H,15-17H2,1-4H3,(H,28,29,30);2-11,23H,12-14H2,1H3,(H,24,25,26);4-8H,9-11H2,1-3H3,(H,20,21,22);4-5H2,1-3H3;2-6,10H,1H3;1-5H,6,8H2;1H3;. The Kier molecular flexibility index (Phi) is 32.5. The first-order valence-corrected chi connectivity index (χ1v) is 42.4. The monoisotopic (exact) mass is 1780 g/mol. The number of amides is 3. The van der Waals surface area contributed by atoms with Gasteiger partial charge >= 0.3 is 18.3 Å². The molecule has 31 heteroatoms. The third-order valence-electron chi connectivity index (χ3n) is 19.7. The number of carbonyl (C=O) groups is 3. The SMILES string of the molecule is CC#N.CC(C)(C)OC(=O)N1Cc2nc(Cl)nc(Cl)c2C1.CC(C)(C)OC(=O)N1Cc2nc(Cl)nc(NCc3ccccc3)c2C1.Cc1cc2ccccc2[nH]1.Cc1cc2ccccc2n1-c1nc2c(c(NCc3ccccc3)n1)CN(C(=O)OC(C)(C)C)C2.Cc1cc2ccccc2n1-c1nc2c(c(NCc3ccccc3)n1)CNC2.FF.NCc1ccccc1. The van der Waals surface area contributed by atoms with Crippen LogP contribution in [0.5, 0.6) is 0 Å². The van der Waals surface area contributed by atoms with E-state index in [4.69, 9.17) is 89.1 Å². The summed E-state index contributed by atoms with van der Waals surface area (Å²) in [4.78, 5) is 81.2. The summed E-state index contributed by atoms with van der Waals surface area (Å²) < 4.78 is 36.5. The summed E-state index contributed by atoms with van der Waals surface area (Å²) in [5.74, 6) is 3.64. The van der Waals surface area contributed by atoms with Crippen LogP contribution in [0.1, 0.15) is 154 Å². The Bertz CT molecular complexity index is 6090. The van der Waals surface area contributed by atoms with E-state index in [-0.39, 0.29) is 27.9 Å². The highest BCUT2D eigenvalue weighted by molar-refractivity contribution is 6.32. The molecule has 4 aliphatic rings. The molecule has 26 nitrogen and oxygen atoms in total. The molecule has 0 radical (unpaired) electrons. The van der Waals surface area contributed by atoms with E-state index in [0.717, 1.165) is 110 Å². The second kappa shape index (κ2) is 43.6. The predicted molar refractivity (Wildman–Crippen MR) is 495 cm³/mol. The number of hydrogen-bond donors (Lipinski definition) is 6. The molecular formula is C96H105Cl3F2N20O6. The zero-order chi connectivity index (χ0) is 91.1. The van der Waals surface area contributed by atoms with Gasteiger partial charge in [-0.2, -0.15) is 15.2 Å². The predicted octanol–water partition coefficient (Wildman–Crippen LogP) is 21.6. The van der Waals surface area contributed by atoms with E-state index in [1.807, 2.05) is 165 Å². The Balaban J connectivity index is 0.000000153. The van der Waals surface area contributed by atoms with Crippen LogP contribution >= 0.6 is 34.8 Å². The summed E-state index contributed by atoms with van der Waals surface area (Å²) in [6.45, 7) is 30.7. The number of benzene rings is 7. The van der Waals surface area contributed by atoms with Crippen LogP contribution in [0.15, 0.2) is 212 Å². The van der Waals surface area contributed by atoms with Crippen LogP contribution in [0.2, 0.25) is 15.7 Å². The largest absolute Gasteiger partial charge is 0.444 e. The molecule has 0 aliphatic carbocycles. The molecule has 127 heavy (non-hydrogen) atoms. The van der Waals surface area contributed by atoms with Crippen molar-refractivity contribution >= 4 is 103 Å². The second-order valence-corrected chi connectivity index (χ2v) is 34.0. The highest BCUT2D eigenvalue weighted by atomic mass is 35.5. The van der Waals surface area contributed by atoms with Crippen molar-refractivity contribution in [2.45, 2.75) is 185 Å². The molecule has 0 saturated carbocycles. The third kappa shape index (κ3) is 26.2. The number of halogens is 5. The minimum atomic E-state index is -0.557. The molecule has 0 fully saturated rings. The van der Waals surface area contributed by atoms with Gasteiger partial charge in [-0.15, -0.1) is 0 Å². The summed E-state index contributed by atoms with van der Waals surface area (Å²) >= 11 is 17.7. The summed E-state index contributed by atoms with van der Waals surface area (Å²) in [6, 6.07) is 73.7. The van der Waals surface area contributed by atoms with E-state index in [0.29, 0.717) is 76.4 Å². The number of aryl methyl sites for hydroxylation is 3. The number of aromatic amines is 1. The van der Waals surface area contributed by atoms with Gasteiger partial charge in [0.2, 0.25) is 22.5 Å². The first-order valence-electron chi connectivity index (χ1n) is 41.3. The lowest BCUT2D eigenvalue weighted by Gasteiger charge is -2.24. The summed E-state index contributed by atoms with van der Waals surface area (Å²) in [5, 5.41) is 25.2. The number of anilines is 3. The van der Waals surface area contributed by atoms with Crippen molar-refractivity contribution < 1.29 is 37.7 Å². The van der Waals surface area contributed by atoms with Crippen molar-refractivity contribution in [3.63, 3.8) is 0 Å². The Morgan fingerprint density at radius 3 is 1.19 bits per heavy atom. The van der Waals surface area contributed by atoms with E-state index in [9.17, 15) is 14.4 Å². The van der Waals surface area contributed by atoms with Crippen molar-refractivity contribution in [1.29, 1.82) is 5.26 Å². The number of fused-ring (bicyclic) bond motifs is 7. The minimum absolute atomic E-state index is 0.0878. The van der Waals surface area contributed by atoms with Crippen LogP contribution in [-0.2, 0) is 92.7 Å². The van der Waals surface area contributed by atoms with Crippen LogP contribution in [0.25, 0.3) is 44.6 Å². The van der Waals surface area contributed by atoms with E-state index >= 15 is 0 Å². The molecule has 0 spiro atoms. The maximum atomic E-state index is 12.8. The van der Waals surface area contributed by atoms with Gasteiger partial charge in [-0.25, -0.2) is 44.3 Å². The van der Waals surface area contributed by atoms with E-state index in [2.05, 4.69) is 185 Å². The normalized spacial score (nSPS) is 12.6. The number of ether oxygens (including phenoxy) is 3. The molecule has 660 valence electrons. The van der Waals surface area contributed by atoms with Gasteiger partial charge in [0.15, 0.2) is 0 Å². The lowest BCUT2D eigenvalue weighted by Crippen LogP contribution is -2.33. The number of rotatable bonds is 12. The first-order chi connectivity index (χ1) is 60.9. The number of nitrogens with two attached hydrogens (primary N) is 1. The van der Waals surface area contributed by atoms with Gasteiger partial charge in [0.05, 0.1) is 79.1 Å². The number of hydrogen-bond acceptors (Lipinski definition) is 20. The number of H-pyrrole nitrogens is 1. The molecule has 3 amide bonds. The average Bonchev–Trinajstić information content (AvgIpc) is 1.63. The lowest BCUT2D eigenvalue weighted by molar-refractivity contribution is 0.0231. The maximum absolute atomic E-state index is 12.8. The Hall–Kier alpha value is -13.2. The zero-order valence-electron chi connectivity index (χ0n) is 73.4. The molecule has 14 aromatic rings. The topological polar surface area (TPSA) is 315 Å². The summed E-state index contributed by atoms with van der Waals surface area (Å²) in [6.07, 6.45) is -1.10. The van der Waals surface area contributed by atoms with Crippen molar-refractivity contribution in [2.24, 2.45) is 5.73 Å². The maximum Gasteiger partial charge on any atom is 0.410 e. The molecule has 0 saturated heterocycles. The van der Waals surface area contributed by atoms with Gasteiger partial charge in [0.1, 0.15) is 39.4 Å². The number of aromatic nitrogens is 11. The summed E-state index contributed by atoms with van der Waals surface area (Å²) in [5.41, 5.74) is 22.3. The quantitative estimate of drug-likeness (QED) is 0.0376. The Morgan fingerprint density at radius 1 is 0.433 bits per heavy atom. The van der Waals surface area contributed by atoms with Gasteiger partial charge in [0, 0.05) is 111 Å². The number of para-hydroxylation sites is 3. The van der Waals surface area contributed by atoms with Crippen LogP contribution in [0, 0.1) is 32.1 Å². The van der Waals surface area contributed by atoms with E-state index < -0.39 is 22.9 Å². The minimum Gasteiger partial charge on any atom is -0.444 e. The van der Waals surface area contributed by atoms with Gasteiger partial charge in [-0.05, 0) is 170 Å². The van der Waals surface area contributed by atoms with Crippen LogP contribution in [-0.4, -0.2) is 104 Å². The lowest BCUT2D eigenvalue weighted by atomic mass is 10.2. The number of nitrogens with zero attached hydrogens (tertiary/aromatic N) is 14. The van der Waals surface area contributed by atoms with Crippen molar-refractivity contribution in [3.05, 3.63) is 312 Å². The molecule has 7 aromatic carbocycles. The number of carbonyl (C=O) groups excluding carboxylic acids is 3. The smallest absolute Gasteiger partial charge is 0.410 e. The highest BCUT2D eigenvalue weighted by Crippen LogP contribution is 2.35. The molecule has 7 N–H and O–H groups in total. The molecule has 4 aliphatic heterocycles. The summed E-state index contributed by atoms with van der Waals surface area (Å²) in [7, 11) is 0. The van der Waals surface area contributed by atoms with Crippen LogP contribution in [0.3, 0.4) is 0 Å². The molecule has 18 rings (SSSR count). The van der Waals surface area contributed by atoms with Crippen LogP contribution < -0.4 is 27.0 Å². The van der Waals surface area contributed by atoms with Gasteiger partial charge in [-0.1, -0.05) is 188 Å². The van der Waals surface area contributed by atoms with Crippen molar-refractivity contribution in [2.75, 3.05) is 16.0 Å². The molecular weight excluding hydrogens is 1670 g/mol. The van der Waals surface area contributed by atoms with Crippen molar-refractivity contribution in [1.82, 2.24) is 74.0 Å². The van der Waals surface area contributed by atoms with Crippen molar-refractivity contribution in [3.8, 4) is 18.0 Å². The van der Waals surface area contributed by atoms with E-state index in [1.165, 1.54) is 50.5 Å². The fourth-order valence-corrected chi connectivity index (χ4v) is 14.8. The van der Waals surface area contributed by atoms with Gasteiger partial charge < -0.3 is 46.2 Å². The average molecular weight is 1780 g/mol. The first kappa shape index (κ1) is 94.5. The molecule has 7 aromatic heterocycles.